The molecule has 0 bridgehead atoms. The molecule has 0 spiro atoms. The fourth-order valence-electron chi connectivity index (χ4n) is 0.706. The summed E-state index contributed by atoms with van der Waals surface area (Å²) in [6.45, 7) is 0.567. The van der Waals surface area contributed by atoms with Gasteiger partial charge in [-0.25, -0.2) is 0 Å². The molecule has 0 aliphatic rings. The molecule has 1 rings (SSSR count). The summed E-state index contributed by atoms with van der Waals surface area (Å²) in [5.74, 6) is 4.83. The number of rotatable bonds is 2. The SMILES string of the molecule is N#N.NN=NCc1ccccc1. The highest BCUT2D eigenvalue weighted by Gasteiger charge is 1.84. The van der Waals surface area contributed by atoms with Crippen LogP contribution in [-0.2, 0) is 6.54 Å². The van der Waals surface area contributed by atoms with Gasteiger partial charge in [-0.3, -0.25) is 0 Å². The summed E-state index contributed by atoms with van der Waals surface area (Å²) in [5, 5.41) is 18.8. The first-order valence-electron chi connectivity index (χ1n) is 3.24. The van der Waals surface area contributed by atoms with E-state index in [2.05, 4.69) is 10.3 Å². The zero-order chi connectivity index (χ0) is 9.23. The molecule has 2 N–H and O–H groups in total. The molecule has 0 amide bonds. The molecule has 0 saturated carbocycles. The van der Waals surface area contributed by atoms with Crippen molar-refractivity contribution in [3.05, 3.63) is 35.9 Å². The molecule has 62 valence electrons. The minimum absolute atomic E-state index is 0.567. The summed E-state index contributed by atoms with van der Waals surface area (Å²) < 4.78 is 0. The van der Waals surface area contributed by atoms with Gasteiger partial charge in [0.1, 0.15) is 0 Å². The van der Waals surface area contributed by atoms with Crippen LogP contribution in [0.1, 0.15) is 5.56 Å². The molecular weight excluding hydrogens is 154 g/mol. The van der Waals surface area contributed by atoms with Crippen LogP contribution < -0.4 is 5.84 Å². The van der Waals surface area contributed by atoms with E-state index >= 15 is 0 Å². The summed E-state index contributed by atoms with van der Waals surface area (Å²) in [4.78, 5) is 0. The molecule has 0 fully saturated rings. The van der Waals surface area contributed by atoms with Gasteiger partial charge in [0.15, 0.2) is 0 Å². The Morgan fingerprint density at radius 3 is 2.25 bits per heavy atom. The zero-order valence-corrected chi connectivity index (χ0v) is 6.46. The summed E-state index contributed by atoms with van der Waals surface area (Å²) >= 11 is 0. The highest BCUT2D eigenvalue weighted by molar-refractivity contribution is 5.13. The fourth-order valence-corrected chi connectivity index (χ4v) is 0.706. The van der Waals surface area contributed by atoms with Crippen LogP contribution in [-0.4, -0.2) is 0 Å². The van der Waals surface area contributed by atoms with Crippen LogP contribution in [0.15, 0.2) is 40.7 Å². The first kappa shape index (κ1) is 10.0. The quantitative estimate of drug-likeness (QED) is 0.310. The fraction of sp³-hybridized carbons (Fsp3) is 0.143. The van der Waals surface area contributed by atoms with Crippen LogP contribution >= 0.6 is 0 Å². The van der Waals surface area contributed by atoms with E-state index in [0.717, 1.165) is 5.56 Å². The van der Waals surface area contributed by atoms with Crippen LogP contribution in [0.4, 0.5) is 0 Å². The number of benzene rings is 1. The van der Waals surface area contributed by atoms with Crippen molar-refractivity contribution in [2.75, 3.05) is 0 Å². The molecule has 0 radical (unpaired) electrons. The van der Waals surface area contributed by atoms with Gasteiger partial charge in [0.25, 0.3) is 0 Å². The Labute approximate surface area is 70.3 Å². The first-order chi connectivity index (χ1) is 5.93. The van der Waals surface area contributed by atoms with E-state index in [9.17, 15) is 0 Å². The Kier molecular flexibility index (Phi) is 5.98. The molecule has 12 heavy (non-hydrogen) atoms. The highest BCUT2D eigenvalue weighted by Crippen LogP contribution is 1.99. The molecule has 0 saturated heterocycles. The first-order valence-corrected chi connectivity index (χ1v) is 3.24. The third kappa shape index (κ3) is 3.95. The third-order valence-corrected chi connectivity index (χ3v) is 1.18. The van der Waals surface area contributed by atoms with E-state index in [1.54, 1.807) is 0 Å². The second kappa shape index (κ2) is 7.15. The lowest BCUT2D eigenvalue weighted by atomic mass is 10.2. The van der Waals surface area contributed by atoms with Gasteiger partial charge in [-0.15, -0.1) is 0 Å². The van der Waals surface area contributed by atoms with Crippen molar-refractivity contribution in [2.24, 2.45) is 16.2 Å². The third-order valence-electron chi connectivity index (χ3n) is 1.18. The summed E-state index contributed by atoms with van der Waals surface area (Å²) in [5.41, 5.74) is 1.12. The van der Waals surface area contributed by atoms with Gasteiger partial charge < -0.3 is 5.84 Å². The second-order valence-electron chi connectivity index (χ2n) is 1.90. The van der Waals surface area contributed by atoms with E-state index in [4.69, 9.17) is 16.6 Å². The van der Waals surface area contributed by atoms with Crippen molar-refractivity contribution < 1.29 is 0 Å². The van der Waals surface area contributed by atoms with Crippen molar-refractivity contribution in [3.8, 4) is 0 Å². The Morgan fingerprint density at radius 1 is 1.17 bits per heavy atom. The van der Waals surface area contributed by atoms with Crippen LogP contribution in [0.25, 0.3) is 0 Å². The van der Waals surface area contributed by atoms with E-state index in [1.165, 1.54) is 0 Å². The highest BCUT2D eigenvalue weighted by atomic mass is 15.3. The average molecular weight is 163 g/mol. The van der Waals surface area contributed by atoms with E-state index < -0.39 is 0 Å². The van der Waals surface area contributed by atoms with Crippen LogP contribution in [0.3, 0.4) is 0 Å². The smallest absolute Gasteiger partial charge is 0.0870 e. The van der Waals surface area contributed by atoms with Crippen molar-refractivity contribution in [3.63, 3.8) is 0 Å². The van der Waals surface area contributed by atoms with Gasteiger partial charge in [-0.05, 0) is 5.56 Å². The van der Waals surface area contributed by atoms with Gasteiger partial charge in [0.2, 0.25) is 0 Å². The van der Waals surface area contributed by atoms with E-state index in [0.29, 0.717) is 6.54 Å². The maximum absolute atomic E-state index is 6.00. The van der Waals surface area contributed by atoms with Crippen LogP contribution in [0.2, 0.25) is 0 Å². The van der Waals surface area contributed by atoms with Crippen molar-refractivity contribution >= 4 is 0 Å². The summed E-state index contributed by atoms with van der Waals surface area (Å²) in [6.07, 6.45) is 0. The predicted octanol–water partition coefficient (Wildman–Crippen LogP) is 1.54. The van der Waals surface area contributed by atoms with E-state index in [1.807, 2.05) is 30.3 Å². The Balaban J connectivity index is 0.000000561. The summed E-state index contributed by atoms with van der Waals surface area (Å²) in [7, 11) is 0. The normalized spacial score (nSPS) is 8.83. The van der Waals surface area contributed by atoms with Crippen LogP contribution in [0, 0.1) is 10.8 Å². The van der Waals surface area contributed by atoms with Crippen LogP contribution in [0.5, 0.6) is 0 Å². The lowest BCUT2D eigenvalue weighted by Gasteiger charge is -1.90. The van der Waals surface area contributed by atoms with Gasteiger partial charge >= 0.3 is 0 Å². The monoisotopic (exact) mass is 163 g/mol. The lowest BCUT2D eigenvalue weighted by molar-refractivity contribution is 0.893. The number of nitrogens with two attached hydrogens (primary N) is 1. The molecule has 5 heteroatoms. The van der Waals surface area contributed by atoms with Gasteiger partial charge in [0, 0.05) is 10.8 Å². The largest absolute Gasteiger partial charge is 0.305 e. The molecule has 0 atom stereocenters. The number of hydrogen-bond donors (Lipinski definition) is 1. The molecule has 0 aliphatic carbocycles. The van der Waals surface area contributed by atoms with Crippen molar-refractivity contribution in [1.82, 2.24) is 0 Å². The molecule has 5 nitrogen and oxygen atoms in total. The predicted molar refractivity (Wildman–Crippen MR) is 42.6 cm³/mol. The van der Waals surface area contributed by atoms with Gasteiger partial charge in [-0.1, -0.05) is 35.6 Å². The average Bonchev–Trinajstić information content (AvgIpc) is 2.19. The second-order valence-corrected chi connectivity index (χ2v) is 1.90. The minimum atomic E-state index is 0.567. The number of hydrogen-bond acceptors (Lipinski definition) is 4. The molecular formula is C7H9N5. The Hall–Kier alpha value is -1.96. The molecule has 0 unspecified atom stereocenters. The van der Waals surface area contributed by atoms with E-state index in [-0.39, 0.29) is 0 Å². The minimum Gasteiger partial charge on any atom is -0.305 e. The standard InChI is InChI=1S/C7H9N3.N2/c8-10-9-6-7-4-2-1-3-5-7;1-2/h1-5H,6H2,(H2,8,9);. The maximum atomic E-state index is 6.00. The van der Waals surface area contributed by atoms with Gasteiger partial charge in [-0.2, -0.15) is 5.11 Å². The van der Waals surface area contributed by atoms with Gasteiger partial charge in [0.05, 0.1) is 6.54 Å². The molecule has 0 aromatic heterocycles. The Morgan fingerprint density at radius 2 is 1.75 bits per heavy atom. The molecule has 1 aromatic carbocycles. The van der Waals surface area contributed by atoms with Crippen molar-refractivity contribution in [1.29, 1.82) is 10.8 Å². The van der Waals surface area contributed by atoms with Crippen molar-refractivity contribution in [2.45, 2.75) is 6.54 Å². The molecule has 0 aliphatic heterocycles. The molecule has 1 aromatic rings. The maximum Gasteiger partial charge on any atom is 0.0870 e. The lowest BCUT2D eigenvalue weighted by Crippen LogP contribution is -1.80. The summed E-state index contributed by atoms with van der Waals surface area (Å²) in [6, 6.07) is 9.84. The topological polar surface area (TPSA) is 98.3 Å². The Bertz CT molecular complexity index is 240. The zero-order valence-electron chi connectivity index (χ0n) is 6.46. The molecule has 0 heterocycles. The number of nitrogens with zero attached hydrogens (tertiary/aromatic N) is 4.